The molecule has 2 aliphatic rings. The van der Waals surface area contributed by atoms with Gasteiger partial charge in [0.15, 0.2) is 0 Å². The van der Waals surface area contributed by atoms with Gasteiger partial charge in [-0.15, -0.1) is 0 Å². The highest BCUT2D eigenvalue weighted by Crippen LogP contribution is 2.39. The first-order chi connectivity index (χ1) is 30.9. The highest BCUT2D eigenvalue weighted by molar-refractivity contribution is 5.93. The Bertz CT molecular complexity index is 2800. The van der Waals surface area contributed by atoms with Crippen molar-refractivity contribution in [2.24, 2.45) is 11.8 Å². The first kappa shape index (κ1) is 41.0. The topological polar surface area (TPSA) is 154 Å². The van der Waals surface area contributed by atoms with E-state index in [9.17, 15) is 19.8 Å². The maximum atomic E-state index is 11.5. The fourth-order valence-corrected chi connectivity index (χ4v) is 8.89. The Labute approximate surface area is 364 Å². The smallest absolute Gasteiger partial charge is 0.306 e. The Morgan fingerprint density at radius 2 is 1.08 bits per heavy atom. The minimum absolute atomic E-state index is 0.0780. The zero-order valence-corrected chi connectivity index (χ0v) is 34.7. The van der Waals surface area contributed by atoms with Crippen LogP contribution >= 0.6 is 0 Å². The Kier molecular flexibility index (Phi) is 12.2. The van der Waals surface area contributed by atoms with Gasteiger partial charge < -0.3 is 19.7 Å². The van der Waals surface area contributed by atoms with Crippen molar-refractivity contribution < 1.29 is 29.3 Å². The average molecular weight is 841 g/mol. The minimum Gasteiger partial charge on any atom is -0.489 e. The SMILES string of the molecule is O=C(O)C1CCC(n2nc(-c3ccc(OCc4ccccc4)cc3)c3cnccc32)CC1.O=C(O)C1CCCC(n2nc(-c3ccc(Oc4ccccc4)cc3)c3cnccc32)C1. The second-order valence-corrected chi connectivity index (χ2v) is 16.3. The zero-order valence-electron chi connectivity index (χ0n) is 34.7. The van der Waals surface area contributed by atoms with Crippen LogP contribution < -0.4 is 9.47 Å². The Morgan fingerprint density at radius 1 is 0.556 bits per heavy atom. The van der Waals surface area contributed by atoms with Crippen LogP contribution in [0.2, 0.25) is 0 Å². The van der Waals surface area contributed by atoms with Crippen LogP contribution in [0, 0.1) is 11.8 Å². The molecule has 0 saturated heterocycles. The van der Waals surface area contributed by atoms with Gasteiger partial charge in [-0.2, -0.15) is 10.2 Å². The van der Waals surface area contributed by atoms with E-state index in [2.05, 4.69) is 14.6 Å². The number of benzene rings is 4. The van der Waals surface area contributed by atoms with E-state index in [1.807, 2.05) is 138 Å². The third-order valence-electron chi connectivity index (χ3n) is 12.2. The van der Waals surface area contributed by atoms with Crippen LogP contribution in [0.1, 0.15) is 69.0 Å². The molecular weight excluding hydrogens is 793 g/mol. The van der Waals surface area contributed by atoms with Gasteiger partial charge in [-0.05, 0) is 123 Å². The monoisotopic (exact) mass is 840 g/mol. The lowest BCUT2D eigenvalue weighted by Crippen LogP contribution is -2.25. The largest absolute Gasteiger partial charge is 0.489 e. The van der Waals surface area contributed by atoms with Crippen LogP contribution in [0.25, 0.3) is 44.3 Å². The summed E-state index contributed by atoms with van der Waals surface area (Å²) in [4.78, 5) is 31.5. The molecule has 2 fully saturated rings. The average Bonchev–Trinajstić information content (AvgIpc) is 3.92. The third kappa shape index (κ3) is 9.30. The van der Waals surface area contributed by atoms with Crippen LogP contribution in [0.15, 0.2) is 146 Å². The van der Waals surface area contributed by atoms with E-state index in [0.29, 0.717) is 25.9 Å². The lowest BCUT2D eigenvalue weighted by atomic mass is 9.86. The molecule has 2 atom stereocenters. The molecule has 2 saturated carbocycles. The first-order valence-electron chi connectivity index (χ1n) is 21.6. The number of pyridine rings is 2. The highest BCUT2D eigenvalue weighted by atomic mass is 16.5. The molecule has 0 amide bonds. The number of para-hydroxylation sites is 1. The predicted molar refractivity (Wildman–Crippen MR) is 240 cm³/mol. The molecule has 2 unspecified atom stereocenters. The summed E-state index contributed by atoms with van der Waals surface area (Å²) in [6.07, 6.45) is 13.4. The van der Waals surface area contributed by atoms with Crippen LogP contribution in [0.5, 0.6) is 17.2 Å². The standard InChI is InChI=1S/C26H25N3O3.C25H23N3O3/c30-26(31)20-6-10-21(11-7-20)29-24-14-15-27-16-23(24)25(28-29)19-8-12-22(13-9-19)32-17-18-4-2-1-3-5-18;29-25(30)18-5-4-6-19(15-18)28-23-13-14-26-16-22(23)24(27-28)17-9-11-21(12-10-17)31-20-7-2-1-3-8-20/h1-5,8-9,12-16,20-21H,6-7,10-11,17H2,(H,30,31);1-3,7-14,16,18-19H,4-6,15H2,(H,29,30). The van der Waals surface area contributed by atoms with Crippen molar-refractivity contribution >= 4 is 33.7 Å². The van der Waals surface area contributed by atoms with Gasteiger partial charge >= 0.3 is 11.9 Å². The maximum absolute atomic E-state index is 11.5. The quantitative estimate of drug-likeness (QED) is 0.129. The van der Waals surface area contributed by atoms with E-state index in [1.165, 1.54) is 0 Å². The summed E-state index contributed by atoms with van der Waals surface area (Å²) >= 11 is 0. The molecule has 2 N–H and O–H groups in total. The first-order valence-corrected chi connectivity index (χ1v) is 21.6. The number of aliphatic carboxylic acids is 2. The van der Waals surface area contributed by atoms with Gasteiger partial charge in [0.1, 0.15) is 35.2 Å². The minimum atomic E-state index is -0.711. The molecule has 0 bridgehead atoms. The molecule has 2 aliphatic carbocycles. The molecule has 12 heteroatoms. The molecule has 0 aliphatic heterocycles. The Morgan fingerprint density at radius 3 is 1.65 bits per heavy atom. The summed E-state index contributed by atoms with van der Waals surface area (Å²) < 4.78 is 15.9. The van der Waals surface area contributed by atoms with Crippen molar-refractivity contribution in [3.05, 3.63) is 152 Å². The van der Waals surface area contributed by atoms with E-state index >= 15 is 0 Å². The number of carboxylic acids is 2. The summed E-state index contributed by atoms with van der Waals surface area (Å²) in [5, 5.41) is 30.7. The number of fused-ring (bicyclic) bond motifs is 2. The van der Waals surface area contributed by atoms with Gasteiger partial charge in [0.05, 0.1) is 35.0 Å². The highest BCUT2D eigenvalue weighted by Gasteiger charge is 2.31. The molecule has 4 aromatic carbocycles. The number of carbonyl (C=O) groups is 2. The number of aromatic nitrogens is 6. The van der Waals surface area contributed by atoms with Crippen LogP contribution in [0.3, 0.4) is 0 Å². The molecule has 0 radical (unpaired) electrons. The molecule has 12 nitrogen and oxygen atoms in total. The van der Waals surface area contributed by atoms with Crippen molar-refractivity contribution in [2.75, 3.05) is 0 Å². The summed E-state index contributed by atoms with van der Waals surface area (Å²) in [7, 11) is 0. The third-order valence-corrected chi connectivity index (χ3v) is 12.2. The molecule has 0 spiro atoms. The van der Waals surface area contributed by atoms with Gasteiger partial charge in [-0.1, -0.05) is 55.0 Å². The number of carboxylic acid groups (broad SMARTS) is 2. The second-order valence-electron chi connectivity index (χ2n) is 16.3. The predicted octanol–water partition coefficient (Wildman–Crippen LogP) is 11.2. The van der Waals surface area contributed by atoms with Crippen molar-refractivity contribution in [1.82, 2.24) is 29.5 Å². The van der Waals surface area contributed by atoms with Crippen LogP contribution in [0.4, 0.5) is 0 Å². The normalized spacial score (nSPS) is 18.6. The van der Waals surface area contributed by atoms with Gasteiger partial charge in [-0.25, -0.2) is 0 Å². The van der Waals surface area contributed by atoms with E-state index < -0.39 is 11.9 Å². The lowest BCUT2D eigenvalue weighted by Gasteiger charge is -2.27. The summed E-state index contributed by atoms with van der Waals surface area (Å²) in [5.41, 5.74) is 6.89. The van der Waals surface area contributed by atoms with Gasteiger partial charge in [0, 0.05) is 46.7 Å². The molecular formula is C51H48N6O6. The molecule has 63 heavy (non-hydrogen) atoms. The van der Waals surface area contributed by atoms with Crippen molar-refractivity contribution in [1.29, 1.82) is 0 Å². The maximum Gasteiger partial charge on any atom is 0.306 e. The summed E-state index contributed by atoms with van der Waals surface area (Å²) in [6.45, 7) is 0.528. The second kappa shape index (κ2) is 18.7. The molecule has 4 aromatic heterocycles. The molecule has 8 aromatic rings. The van der Waals surface area contributed by atoms with Gasteiger partial charge in [0.25, 0.3) is 0 Å². The van der Waals surface area contributed by atoms with Crippen molar-refractivity contribution in [3.8, 4) is 39.8 Å². The van der Waals surface area contributed by atoms with E-state index in [-0.39, 0.29) is 23.9 Å². The van der Waals surface area contributed by atoms with E-state index in [1.54, 1.807) is 12.4 Å². The fourth-order valence-electron chi connectivity index (χ4n) is 8.89. The number of ether oxygens (including phenoxy) is 2. The number of nitrogens with zero attached hydrogens (tertiary/aromatic N) is 6. The van der Waals surface area contributed by atoms with Crippen molar-refractivity contribution in [2.45, 2.75) is 70.1 Å². The van der Waals surface area contributed by atoms with Crippen LogP contribution in [-0.2, 0) is 16.2 Å². The fraction of sp³-hybridized carbons (Fsp3) is 0.255. The van der Waals surface area contributed by atoms with Crippen molar-refractivity contribution in [3.63, 3.8) is 0 Å². The number of hydrogen-bond acceptors (Lipinski definition) is 8. The summed E-state index contributed by atoms with van der Waals surface area (Å²) in [5.74, 6) is 0.417. The lowest BCUT2D eigenvalue weighted by molar-refractivity contribution is -0.144. The van der Waals surface area contributed by atoms with E-state index in [0.717, 1.165) is 99.2 Å². The Balaban J connectivity index is 0.000000160. The van der Waals surface area contributed by atoms with Gasteiger partial charge in [-0.3, -0.25) is 28.9 Å². The molecule has 318 valence electrons. The molecule has 4 heterocycles. The van der Waals surface area contributed by atoms with Crippen LogP contribution in [-0.4, -0.2) is 51.7 Å². The Hall–Kier alpha value is -7.34. The summed E-state index contributed by atoms with van der Waals surface area (Å²) in [6, 6.07) is 39.9. The zero-order chi connectivity index (χ0) is 43.1. The molecule has 10 rings (SSSR count). The van der Waals surface area contributed by atoms with Gasteiger partial charge in [0.2, 0.25) is 0 Å². The van der Waals surface area contributed by atoms with E-state index in [4.69, 9.17) is 19.7 Å². The number of hydrogen-bond donors (Lipinski definition) is 2. The number of rotatable bonds is 11.